The van der Waals surface area contributed by atoms with Crippen LogP contribution in [-0.2, 0) is 9.59 Å². The van der Waals surface area contributed by atoms with E-state index in [0.29, 0.717) is 24.0 Å². The molecule has 0 spiro atoms. The maximum Gasteiger partial charge on any atom is 0.272 e. The third kappa shape index (κ3) is 6.27. The second-order valence-electron chi connectivity index (χ2n) is 12.4. The summed E-state index contributed by atoms with van der Waals surface area (Å²) < 4.78 is 0. The zero-order valence-electron chi connectivity index (χ0n) is 24.1. The lowest BCUT2D eigenvalue weighted by Crippen LogP contribution is -2.76. The highest BCUT2D eigenvalue weighted by Gasteiger charge is 2.58. The van der Waals surface area contributed by atoms with Crippen molar-refractivity contribution in [1.82, 2.24) is 20.1 Å². The number of β-lactam (4-membered cyclic amide) rings is 1. The first-order chi connectivity index (χ1) is 20.1. The van der Waals surface area contributed by atoms with Gasteiger partial charge in [-0.1, -0.05) is 19.4 Å². The molecular formula is C29H44N6O5S2. The van der Waals surface area contributed by atoms with Crippen LogP contribution in [0.15, 0.2) is 18.0 Å². The van der Waals surface area contributed by atoms with E-state index in [4.69, 9.17) is 11.1 Å². The highest BCUT2D eigenvalue weighted by molar-refractivity contribution is 8.00. The fourth-order valence-electron chi connectivity index (χ4n) is 7.59. The minimum Gasteiger partial charge on any atom is -0.393 e. The Balaban J connectivity index is 1.16. The quantitative estimate of drug-likeness (QED) is 0.0875. The molecule has 42 heavy (non-hydrogen) atoms. The van der Waals surface area contributed by atoms with Crippen LogP contribution in [0.2, 0.25) is 0 Å². The van der Waals surface area contributed by atoms with Crippen molar-refractivity contribution in [2.24, 2.45) is 29.6 Å². The summed E-state index contributed by atoms with van der Waals surface area (Å²) in [6, 6.07) is -1.66. The predicted octanol–water partition coefficient (Wildman–Crippen LogP) is 1.49. The first kappa shape index (κ1) is 31.4. The number of allylic oxidation sites excluding steroid dienone is 1. The van der Waals surface area contributed by atoms with Crippen LogP contribution in [0.4, 0.5) is 5.13 Å². The summed E-state index contributed by atoms with van der Waals surface area (Å²) >= 11 is 2.62. The summed E-state index contributed by atoms with van der Waals surface area (Å²) in [7, 11) is 0. The molecule has 11 nitrogen and oxygen atoms in total. The van der Waals surface area contributed by atoms with Gasteiger partial charge in [-0.2, -0.15) is 0 Å². The van der Waals surface area contributed by atoms with Crippen molar-refractivity contribution in [2.75, 3.05) is 31.1 Å². The van der Waals surface area contributed by atoms with Gasteiger partial charge >= 0.3 is 0 Å². The maximum atomic E-state index is 13.2. The standard InChI is InChI=1S/C29H44N6O5S2/c1-3-5-15(4-2)11-34-9-8-17(12-34)19-7-6-16(24(19)36)10-18-13-41-27-22(26(38)35(27)23(18)28(39)40)33-25(37)21(30)20-14-42-29(31)32-20/h3,14-19,22-24,27-28,30,36,39-40H,1,4-13H2,2H3,(H2,31,32)(H,33,37)/t15?,16?,17?,18-,19?,22?,23?,24?,27?/m1/s1. The summed E-state index contributed by atoms with van der Waals surface area (Å²) in [6.07, 6.45) is 5.59. The lowest BCUT2D eigenvalue weighted by atomic mass is 9.82. The van der Waals surface area contributed by atoms with E-state index in [-0.39, 0.29) is 34.3 Å². The van der Waals surface area contributed by atoms with Crippen LogP contribution >= 0.6 is 23.1 Å². The van der Waals surface area contributed by atoms with Crippen LogP contribution in [-0.4, -0.2) is 103 Å². The number of aliphatic hydroxyl groups is 3. The summed E-state index contributed by atoms with van der Waals surface area (Å²) in [4.78, 5) is 33.8. The largest absolute Gasteiger partial charge is 0.393 e. The summed E-state index contributed by atoms with van der Waals surface area (Å²) in [5.74, 6) is 0.658. The molecule has 0 aromatic carbocycles. The number of aliphatic hydroxyl groups excluding tert-OH is 2. The van der Waals surface area contributed by atoms with Gasteiger partial charge in [-0.15, -0.1) is 29.7 Å². The molecule has 3 aliphatic heterocycles. The van der Waals surface area contributed by atoms with E-state index in [1.165, 1.54) is 22.0 Å². The highest BCUT2D eigenvalue weighted by Crippen LogP contribution is 2.47. The van der Waals surface area contributed by atoms with Gasteiger partial charge < -0.3 is 36.2 Å². The Hall–Kier alpha value is -2.03. The molecule has 1 aromatic rings. The number of anilines is 1. The Morgan fingerprint density at radius 3 is 2.79 bits per heavy atom. The van der Waals surface area contributed by atoms with E-state index in [0.717, 1.165) is 63.1 Å². The zero-order chi connectivity index (χ0) is 30.1. The third-order valence-electron chi connectivity index (χ3n) is 9.87. The number of nitrogens with one attached hydrogen (secondary N) is 2. The molecular weight excluding hydrogens is 576 g/mol. The molecule has 4 heterocycles. The first-order valence-corrected chi connectivity index (χ1v) is 17.0. The fourth-order valence-corrected chi connectivity index (χ4v) is 9.71. The third-order valence-corrected chi connectivity index (χ3v) is 12.0. The molecule has 4 fully saturated rings. The monoisotopic (exact) mass is 620 g/mol. The zero-order valence-corrected chi connectivity index (χ0v) is 25.7. The molecule has 5 rings (SSSR count). The predicted molar refractivity (Wildman–Crippen MR) is 164 cm³/mol. The van der Waals surface area contributed by atoms with Crippen molar-refractivity contribution in [3.8, 4) is 0 Å². The first-order valence-electron chi connectivity index (χ1n) is 15.0. The van der Waals surface area contributed by atoms with Crippen LogP contribution in [0.3, 0.4) is 0 Å². The normalized spacial score (nSPS) is 33.8. The summed E-state index contributed by atoms with van der Waals surface area (Å²) in [6.45, 7) is 9.29. The number of hydrogen-bond donors (Lipinski definition) is 6. The van der Waals surface area contributed by atoms with E-state index < -0.39 is 41.7 Å². The van der Waals surface area contributed by atoms with Crippen molar-refractivity contribution in [2.45, 2.75) is 75.3 Å². The molecule has 232 valence electrons. The molecule has 8 unspecified atom stereocenters. The Kier molecular flexibility index (Phi) is 9.95. The maximum absolute atomic E-state index is 13.2. The van der Waals surface area contributed by atoms with E-state index in [9.17, 15) is 24.9 Å². The Morgan fingerprint density at radius 2 is 2.12 bits per heavy atom. The molecule has 0 radical (unpaired) electrons. The van der Waals surface area contributed by atoms with Crippen LogP contribution in [0.1, 0.15) is 51.1 Å². The molecule has 7 N–H and O–H groups in total. The number of amides is 2. The van der Waals surface area contributed by atoms with Crippen molar-refractivity contribution >= 4 is 45.8 Å². The molecule has 4 aliphatic rings. The van der Waals surface area contributed by atoms with Crippen molar-refractivity contribution in [3.63, 3.8) is 0 Å². The van der Waals surface area contributed by atoms with Gasteiger partial charge in [0.2, 0.25) is 5.91 Å². The Morgan fingerprint density at radius 1 is 1.33 bits per heavy atom. The van der Waals surface area contributed by atoms with Crippen LogP contribution < -0.4 is 11.1 Å². The lowest BCUT2D eigenvalue weighted by Gasteiger charge is -2.56. The van der Waals surface area contributed by atoms with Gasteiger partial charge in [-0.05, 0) is 68.2 Å². The van der Waals surface area contributed by atoms with Crippen LogP contribution in [0.25, 0.3) is 0 Å². The van der Waals surface area contributed by atoms with Gasteiger partial charge in [-0.25, -0.2) is 4.98 Å². The highest BCUT2D eigenvalue weighted by atomic mass is 32.2. The molecule has 1 aromatic heterocycles. The van der Waals surface area contributed by atoms with Crippen molar-refractivity contribution in [3.05, 3.63) is 23.7 Å². The Bertz CT molecular complexity index is 1170. The Labute approximate surface area is 255 Å². The number of nitrogens with two attached hydrogens (primary N) is 1. The summed E-state index contributed by atoms with van der Waals surface area (Å²) in [5, 5.41) is 44.2. The number of likely N-dealkylation sites (tertiary alicyclic amines) is 1. The molecule has 1 saturated carbocycles. The number of aromatic nitrogens is 1. The van der Waals surface area contributed by atoms with Gasteiger partial charge in [0.15, 0.2) is 11.4 Å². The number of nitrogen functional groups attached to an aromatic ring is 1. The summed E-state index contributed by atoms with van der Waals surface area (Å²) in [5.41, 5.74) is 5.39. The van der Waals surface area contributed by atoms with Gasteiger partial charge in [0.1, 0.15) is 22.8 Å². The SMILES string of the molecule is C=CCC(CC)CN1CCC(C2CCC(C[C@@H]3CSC4C(NC(=O)C(=N)c5csc(N)n5)C(=O)N4C3C(O)O)C2O)C1. The second-order valence-corrected chi connectivity index (χ2v) is 14.4. The average Bonchev–Trinajstić information content (AvgIpc) is 3.70. The number of thiazole rings is 1. The number of nitrogens with zero attached hydrogens (tertiary/aromatic N) is 3. The number of thioether (sulfide) groups is 1. The van der Waals surface area contributed by atoms with Crippen LogP contribution in [0, 0.1) is 35.0 Å². The fraction of sp³-hybridized carbons (Fsp3) is 0.724. The van der Waals surface area contributed by atoms with Crippen LogP contribution in [0.5, 0.6) is 0 Å². The second kappa shape index (κ2) is 13.3. The van der Waals surface area contributed by atoms with E-state index >= 15 is 0 Å². The number of hydrogen-bond acceptors (Lipinski definition) is 11. The number of rotatable bonds is 12. The lowest BCUT2D eigenvalue weighted by molar-refractivity contribution is -0.175. The van der Waals surface area contributed by atoms with Crippen molar-refractivity contribution < 1.29 is 24.9 Å². The number of fused-ring (bicyclic) bond motifs is 1. The minimum absolute atomic E-state index is 0.0505. The number of carbonyl (C=O) groups excluding carboxylic acids is 2. The van der Waals surface area contributed by atoms with Gasteiger partial charge in [-0.3, -0.25) is 15.0 Å². The van der Waals surface area contributed by atoms with Gasteiger partial charge in [0.25, 0.3) is 5.91 Å². The number of carbonyl (C=O) groups is 2. The molecule has 0 bridgehead atoms. The average molecular weight is 621 g/mol. The van der Waals surface area contributed by atoms with E-state index in [1.807, 2.05) is 6.08 Å². The topological polar surface area (TPSA) is 176 Å². The molecule has 13 heteroatoms. The van der Waals surface area contributed by atoms with E-state index in [2.05, 4.69) is 28.7 Å². The van der Waals surface area contributed by atoms with Gasteiger partial charge in [0.05, 0.1) is 12.1 Å². The minimum atomic E-state index is -1.73. The van der Waals surface area contributed by atoms with Crippen molar-refractivity contribution in [1.29, 1.82) is 5.41 Å². The molecule has 1 aliphatic carbocycles. The van der Waals surface area contributed by atoms with E-state index in [1.54, 1.807) is 0 Å². The molecule has 3 saturated heterocycles. The van der Waals surface area contributed by atoms with Gasteiger partial charge in [0, 0.05) is 24.2 Å². The molecule has 2 amide bonds. The molecule has 9 atom stereocenters. The smallest absolute Gasteiger partial charge is 0.272 e.